The normalized spacial score (nSPS) is 26.4. The first-order valence-corrected chi connectivity index (χ1v) is 4.98. The highest BCUT2D eigenvalue weighted by molar-refractivity contribution is 4.91. The van der Waals surface area contributed by atoms with Gasteiger partial charge < -0.3 is 15.4 Å². The van der Waals surface area contributed by atoms with Crippen molar-refractivity contribution in [2.45, 2.75) is 6.92 Å². The van der Waals surface area contributed by atoms with Gasteiger partial charge in [-0.05, 0) is 5.92 Å². The highest BCUT2D eigenvalue weighted by Crippen LogP contribution is 2.18. The van der Waals surface area contributed by atoms with Gasteiger partial charge in [0.1, 0.15) is 0 Å². The Labute approximate surface area is 88.8 Å². The molecule has 0 spiro atoms. The molecule has 1 fully saturated rings. The van der Waals surface area contributed by atoms with Crippen LogP contribution in [0.3, 0.4) is 0 Å². The molecule has 1 heterocycles. The summed E-state index contributed by atoms with van der Waals surface area (Å²) in [6.07, 6.45) is 0.931. The van der Waals surface area contributed by atoms with Gasteiger partial charge in [-0.3, -0.25) is 10.1 Å². The maximum absolute atomic E-state index is 10.3. The molecule has 0 amide bonds. The molecule has 2 unspecified atom stereocenters. The summed E-state index contributed by atoms with van der Waals surface area (Å²) >= 11 is 0. The molecule has 0 aromatic rings. The fourth-order valence-electron chi connectivity index (χ4n) is 1.51. The average molecular weight is 215 g/mol. The molecule has 15 heavy (non-hydrogen) atoms. The van der Waals surface area contributed by atoms with Gasteiger partial charge in [0.2, 0.25) is 0 Å². The van der Waals surface area contributed by atoms with E-state index in [9.17, 15) is 10.1 Å². The van der Waals surface area contributed by atoms with Crippen molar-refractivity contribution >= 4 is 0 Å². The molecule has 86 valence electrons. The molecule has 1 saturated heterocycles. The first kappa shape index (κ1) is 11.8. The first-order valence-electron chi connectivity index (χ1n) is 4.98. The third-order valence-electron chi connectivity index (χ3n) is 2.58. The Bertz CT molecular complexity index is 255. The number of hydrogen-bond acceptors (Lipinski definition) is 5. The van der Waals surface area contributed by atoms with Gasteiger partial charge in [-0.15, -0.1) is 0 Å². The number of nitrogens with one attached hydrogen (secondary N) is 2. The van der Waals surface area contributed by atoms with Crippen molar-refractivity contribution in [3.05, 3.63) is 22.1 Å². The summed E-state index contributed by atoms with van der Waals surface area (Å²) in [5, 5.41) is 16.0. The first-order chi connectivity index (χ1) is 7.13. The lowest BCUT2D eigenvalue weighted by atomic mass is 9.98. The summed E-state index contributed by atoms with van der Waals surface area (Å²) in [5.74, 6) is 1.36. The van der Waals surface area contributed by atoms with E-state index in [1.807, 2.05) is 0 Å². The highest BCUT2D eigenvalue weighted by Gasteiger charge is 2.24. The third kappa shape index (κ3) is 3.75. The second-order valence-corrected chi connectivity index (χ2v) is 3.73. The molecule has 2 atom stereocenters. The van der Waals surface area contributed by atoms with Crippen LogP contribution in [0.2, 0.25) is 0 Å². The highest BCUT2D eigenvalue weighted by atomic mass is 16.6. The van der Waals surface area contributed by atoms with Crippen LogP contribution in [0, 0.1) is 22.0 Å². The minimum absolute atomic E-state index is 0.425. The maximum atomic E-state index is 10.3. The van der Waals surface area contributed by atoms with Crippen molar-refractivity contribution < 1.29 is 9.66 Å². The van der Waals surface area contributed by atoms with Gasteiger partial charge in [0, 0.05) is 26.1 Å². The van der Waals surface area contributed by atoms with Crippen LogP contribution in [0.15, 0.2) is 12.0 Å². The second-order valence-electron chi connectivity index (χ2n) is 3.73. The molecule has 0 bridgehead atoms. The average Bonchev–Trinajstić information content (AvgIpc) is 2.58. The summed E-state index contributed by atoms with van der Waals surface area (Å²) in [7, 11) is 1.65. The smallest absolute Gasteiger partial charge is 0.274 e. The Morgan fingerprint density at radius 3 is 2.87 bits per heavy atom. The fraction of sp³-hybridized carbons (Fsp3) is 0.778. The topological polar surface area (TPSA) is 76.4 Å². The second kappa shape index (κ2) is 5.55. The minimum atomic E-state index is -0.479. The zero-order valence-corrected chi connectivity index (χ0v) is 9.03. The SMILES string of the molecule is CNC(=C[N+](=O)[O-])NCC1COCC1C. The van der Waals surface area contributed by atoms with Crippen molar-refractivity contribution in [2.75, 3.05) is 26.8 Å². The number of rotatable bonds is 5. The Kier molecular flexibility index (Phi) is 4.36. The molecule has 1 rings (SSSR count). The molecule has 2 N–H and O–H groups in total. The van der Waals surface area contributed by atoms with Gasteiger partial charge in [-0.1, -0.05) is 6.92 Å². The van der Waals surface area contributed by atoms with Crippen molar-refractivity contribution in [1.29, 1.82) is 0 Å². The van der Waals surface area contributed by atoms with Crippen molar-refractivity contribution in [3.8, 4) is 0 Å². The van der Waals surface area contributed by atoms with Gasteiger partial charge in [0.25, 0.3) is 6.20 Å². The monoisotopic (exact) mass is 215 g/mol. The number of nitrogens with zero attached hydrogens (tertiary/aromatic N) is 1. The van der Waals surface area contributed by atoms with Crippen LogP contribution in [0.25, 0.3) is 0 Å². The summed E-state index contributed by atoms with van der Waals surface area (Å²) in [6.45, 7) is 4.32. The molecular weight excluding hydrogens is 198 g/mol. The van der Waals surface area contributed by atoms with Crippen LogP contribution in [-0.4, -0.2) is 31.7 Å². The molecule has 1 aliphatic heterocycles. The predicted octanol–water partition coefficient (Wildman–Crippen LogP) is 0.153. The zero-order valence-electron chi connectivity index (χ0n) is 9.03. The maximum Gasteiger partial charge on any atom is 0.274 e. The largest absolute Gasteiger partial charge is 0.381 e. The Morgan fingerprint density at radius 2 is 2.40 bits per heavy atom. The Hall–Kier alpha value is -1.30. The molecule has 0 aliphatic carbocycles. The standard InChI is InChI=1S/C9H17N3O3/c1-7-5-15-6-8(7)3-11-9(10-2)4-12(13)14/h4,7-8,10-11H,3,5-6H2,1-2H3. The van der Waals surface area contributed by atoms with E-state index >= 15 is 0 Å². The molecule has 6 nitrogen and oxygen atoms in total. The van der Waals surface area contributed by atoms with Crippen LogP contribution in [0.5, 0.6) is 0 Å². The molecule has 0 saturated carbocycles. The minimum Gasteiger partial charge on any atom is -0.381 e. The lowest BCUT2D eigenvalue weighted by Gasteiger charge is -2.15. The van der Waals surface area contributed by atoms with Gasteiger partial charge in [0.15, 0.2) is 5.82 Å². The van der Waals surface area contributed by atoms with Crippen molar-refractivity contribution in [1.82, 2.24) is 10.6 Å². The van der Waals surface area contributed by atoms with E-state index in [1.54, 1.807) is 7.05 Å². The summed E-state index contributed by atoms with van der Waals surface area (Å²) in [5.41, 5.74) is 0. The van der Waals surface area contributed by atoms with E-state index in [-0.39, 0.29) is 0 Å². The van der Waals surface area contributed by atoms with Gasteiger partial charge in [0.05, 0.1) is 11.5 Å². The van der Waals surface area contributed by atoms with Crippen LogP contribution >= 0.6 is 0 Å². The van der Waals surface area contributed by atoms with Crippen LogP contribution in [0.1, 0.15) is 6.92 Å². The van der Waals surface area contributed by atoms with Crippen LogP contribution in [-0.2, 0) is 4.74 Å². The molecule has 0 aromatic heterocycles. The van der Waals surface area contributed by atoms with Gasteiger partial charge in [-0.25, -0.2) is 0 Å². The summed E-state index contributed by atoms with van der Waals surface area (Å²) < 4.78 is 5.30. The van der Waals surface area contributed by atoms with E-state index in [0.717, 1.165) is 19.4 Å². The van der Waals surface area contributed by atoms with E-state index in [1.165, 1.54) is 0 Å². The Balaban J connectivity index is 2.37. The number of nitro groups is 1. The van der Waals surface area contributed by atoms with Crippen LogP contribution < -0.4 is 10.6 Å². The molecular formula is C9H17N3O3. The third-order valence-corrected chi connectivity index (χ3v) is 2.58. The molecule has 0 radical (unpaired) electrons. The number of ether oxygens (including phenoxy) is 1. The quantitative estimate of drug-likeness (QED) is 0.504. The Morgan fingerprint density at radius 1 is 1.67 bits per heavy atom. The zero-order chi connectivity index (χ0) is 11.3. The fourth-order valence-corrected chi connectivity index (χ4v) is 1.51. The summed E-state index contributed by atoms with van der Waals surface area (Å²) in [4.78, 5) is 9.77. The van der Waals surface area contributed by atoms with E-state index in [0.29, 0.717) is 24.2 Å². The lowest BCUT2D eigenvalue weighted by molar-refractivity contribution is -0.404. The lowest BCUT2D eigenvalue weighted by Crippen LogP contribution is -2.31. The molecule has 6 heteroatoms. The van der Waals surface area contributed by atoms with Gasteiger partial charge in [-0.2, -0.15) is 0 Å². The van der Waals surface area contributed by atoms with Crippen molar-refractivity contribution in [3.63, 3.8) is 0 Å². The predicted molar refractivity (Wildman–Crippen MR) is 55.6 cm³/mol. The number of hydrogen-bond donors (Lipinski definition) is 2. The molecule has 0 aromatic carbocycles. The van der Waals surface area contributed by atoms with Gasteiger partial charge >= 0.3 is 0 Å². The van der Waals surface area contributed by atoms with E-state index in [2.05, 4.69) is 17.6 Å². The van der Waals surface area contributed by atoms with E-state index < -0.39 is 4.92 Å². The van der Waals surface area contributed by atoms with Crippen molar-refractivity contribution in [2.24, 2.45) is 11.8 Å². The van der Waals surface area contributed by atoms with Crippen LogP contribution in [0.4, 0.5) is 0 Å². The summed E-state index contributed by atoms with van der Waals surface area (Å²) in [6, 6.07) is 0. The molecule has 1 aliphatic rings. The van der Waals surface area contributed by atoms with E-state index in [4.69, 9.17) is 4.74 Å².